The third kappa shape index (κ3) is 8.26. The van der Waals surface area contributed by atoms with E-state index in [2.05, 4.69) is 27.8 Å². The second-order valence-electron chi connectivity index (χ2n) is 13.9. The molecule has 4 aliphatic rings. The number of nitrogens with zero attached hydrogens (tertiary/aromatic N) is 2. The number of amides is 4. The maximum Gasteiger partial charge on any atom is 0.243 e. The summed E-state index contributed by atoms with van der Waals surface area (Å²) in [6.07, 6.45) is 7.62. The van der Waals surface area contributed by atoms with Crippen LogP contribution in [0.25, 0.3) is 0 Å². The van der Waals surface area contributed by atoms with Crippen LogP contribution in [0, 0.1) is 5.41 Å². The molecule has 1 saturated carbocycles. The second-order valence-corrected chi connectivity index (χ2v) is 13.9. The molecule has 10 nitrogen and oxygen atoms in total. The number of likely N-dealkylation sites (tertiary alicyclic amines) is 2. The van der Waals surface area contributed by atoms with E-state index in [1.165, 1.54) is 6.42 Å². The first-order chi connectivity index (χ1) is 22.2. The van der Waals surface area contributed by atoms with Gasteiger partial charge in [-0.1, -0.05) is 37.6 Å². The number of benzene rings is 2. The average molecular weight is 630 g/mol. The minimum Gasteiger partial charge on any atom is -0.457 e. The molecule has 0 unspecified atom stereocenters. The quantitative estimate of drug-likeness (QED) is 0.433. The van der Waals surface area contributed by atoms with Crippen molar-refractivity contribution in [2.45, 2.75) is 89.3 Å². The summed E-state index contributed by atoms with van der Waals surface area (Å²) in [5.41, 5.74) is 1.81. The van der Waals surface area contributed by atoms with Crippen molar-refractivity contribution in [3.63, 3.8) is 0 Å². The number of hydrogen-bond acceptors (Lipinski definition) is 6. The number of fused-ring (bicyclic) bond motifs is 4. The summed E-state index contributed by atoms with van der Waals surface area (Å²) in [5, 5.41) is 9.13. The summed E-state index contributed by atoms with van der Waals surface area (Å²) in [7, 11) is 0. The highest BCUT2D eigenvalue weighted by Gasteiger charge is 2.39. The smallest absolute Gasteiger partial charge is 0.243 e. The van der Waals surface area contributed by atoms with Crippen molar-refractivity contribution in [3.05, 3.63) is 59.7 Å². The summed E-state index contributed by atoms with van der Waals surface area (Å²) in [5.74, 6) is 0.170. The summed E-state index contributed by atoms with van der Waals surface area (Å²) in [4.78, 5) is 58.7. The molecule has 3 N–H and O–H groups in total. The van der Waals surface area contributed by atoms with Crippen molar-refractivity contribution in [1.82, 2.24) is 25.8 Å². The number of nitrogens with one attached hydrogen (secondary N) is 3. The molecule has 0 radical (unpaired) electrons. The highest BCUT2D eigenvalue weighted by molar-refractivity contribution is 5.94. The van der Waals surface area contributed by atoms with Gasteiger partial charge in [0.05, 0.1) is 0 Å². The van der Waals surface area contributed by atoms with Gasteiger partial charge in [-0.15, -0.1) is 0 Å². The van der Waals surface area contributed by atoms with Crippen LogP contribution < -0.4 is 20.7 Å². The number of hydrogen-bond donors (Lipinski definition) is 3. The van der Waals surface area contributed by atoms with Crippen LogP contribution in [0.5, 0.6) is 11.5 Å². The lowest BCUT2D eigenvalue weighted by molar-refractivity contribution is -0.139. The van der Waals surface area contributed by atoms with Gasteiger partial charge in [0.25, 0.3) is 0 Å². The molecule has 3 heterocycles. The summed E-state index contributed by atoms with van der Waals surface area (Å²) in [6, 6.07) is 12.7. The molecule has 46 heavy (non-hydrogen) atoms. The van der Waals surface area contributed by atoms with E-state index in [-0.39, 0.29) is 29.6 Å². The van der Waals surface area contributed by atoms with E-state index in [0.717, 1.165) is 49.9 Å². The van der Waals surface area contributed by atoms with Crippen LogP contribution in [0.3, 0.4) is 0 Å². The average Bonchev–Trinajstić information content (AvgIpc) is 3.64. The third-order valence-corrected chi connectivity index (χ3v) is 9.93. The van der Waals surface area contributed by atoms with Gasteiger partial charge in [0.15, 0.2) is 0 Å². The zero-order valence-electron chi connectivity index (χ0n) is 26.9. The van der Waals surface area contributed by atoms with Gasteiger partial charge in [0.2, 0.25) is 23.6 Å². The molecule has 2 saturated heterocycles. The van der Waals surface area contributed by atoms with Gasteiger partial charge in [-0.25, -0.2) is 0 Å². The second kappa shape index (κ2) is 14.2. The maximum atomic E-state index is 14.1. The Hall–Kier alpha value is -3.92. The molecule has 246 valence electrons. The van der Waals surface area contributed by atoms with Crippen LogP contribution in [0.1, 0.15) is 69.4 Å². The van der Waals surface area contributed by atoms with Crippen molar-refractivity contribution in [3.8, 4) is 11.5 Å². The van der Waals surface area contributed by atoms with Crippen molar-refractivity contribution in [2.24, 2.45) is 5.41 Å². The van der Waals surface area contributed by atoms with E-state index in [4.69, 9.17) is 4.74 Å². The topological polar surface area (TPSA) is 120 Å². The highest BCUT2D eigenvalue weighted by Crippen LogP contribution is 2.44. The third-order valence-electron chi connectivity index (χ3n) is 9.93. The molecular formula is C36H47N5O5. The van der Waals surface area contributed by atoms with Gasteiger partial charge in [-0.05, 0) is 92.4 Å². The normalized spacial score (nSPS) is 25.3. The van der Waals surface area contributed by atoms with E-state index in [9.17, 15) is 19.2 Å². The van der Waals surface area contributed by atoms with E-state index < -0.39 is 24.0 Å². The highest BCUT2D eigenvalue weighted by atomic mass is 16.5. The van der Waals surface area contributed by atoms with Gasteiger partial charge in [0, 0.05) is 38.9 Å². The monoisotopic (exact) mass is 629 g/mol. The molecule has 2 aromatic rings. The molecule has 10 heteroatoms. The Morgan fingerprint density at radius 3 is 2.24 bits per heavy atom. The standard InChI is InChI=1S/C36H47N5O5/c1-36(14-15-36)24-37-33(43)30-22-25-8-5-10-27(20-25)46-28-11-6-9-26(21-28)23-31(41-18-7-12-32(41)42)35(45)38-29(34(44)39-30)13-19-40-16-3-2-4-17-40/h5-6,8-11,20-21,29-31H,2-4,7,12-19,22-24H2,1H3,(H,37,43)(H,38,45)(H,39,44)/t29-,30-,31-/m0/s1. The summed E-state index contributed by atoms with van der Waals surface area (Å²) >= 11 is 0. The fourth-order valence-electron chi connectivity index (χ4n) is 6.74. The van der Waals surface area contributed by atoms with E-state index >= 15 is 0 Å². The van der Waals surface area contributed by atoms with Crippen LogP contribution in [-0.4, -0.2) is 84.3 Å². The van der Waals surface area contributed by atoms with Crippen molar-refractivity contribution >= 4 is 23.6 Å². The first kappa shape index (κ1) is 32.0. The zero-order chi connectivity index (χ0) is 32.1. The molecule has 4 amide bonds. The van der Waals surface area contributed by atoms with Crippen molar-refractivity contribution in [1.29, 1.82) is 0 Å². The number of carbonyl (C=O) groups is 4. The molecule has 6 rings (SSSR count). The Balaban J connectivity index is 1.32. The lowest BCUT2D eigenvalue weighted by Gasteiger charge is -2.31. The molecule has 0 spiro atoms. The van der Waals surface area contributed by atoms with Crippen molar-refractivity contribution < 1.29 is 23.9 Å². The predicted octanol–water partition coefficient (Wildman–Crippen LogP) is 3.33. The molecule has 1 aliphatic carbocycles. The van der Waals surface area contributed by atoms with Crippen LogP contribution in [0.15, 0.2) is 48.5 Å². The fourth-order valence-corrected chi connectivity index (χ4v) is 6.74. The minimum absolute atomic E-state index is 0.0609. The first-order valence-corrected chi connectivity index (χ1v) is 17.0. The predicted molar refractivity (Wildman–Crippen MR) is 174 cm³/mol. The number of ether oxygens (including phenoxy) is 1. The molecule has 2 aromatic carbocycles. The van der Waals surface area contributed by atoms with E-state index in [1.807, 2.05) is 48.5 Å². The van der Waals surface area contributed by atoms with Gasteiger partial charge in [-0.3, -0.25) is 19.2 Å². The summed E-state index contributed by atoms with van der Waals surface area (Å²) in [6.45, 7) is 5.78. The van der Waals surface area contributed by atoms with Crippen LogP contribution in [0.2, 0.25) is 0 Å². The van der Waals surface area contributed by atoms with Gasteiger partial charge in [-0.2, -0.15) is 0 Å². The zero-order valence-corrected chi connectivity index (χ0v) is 26.9. The SMILES string of the molecule is CC1(CNC(=O)[C@@H]2Cc3cccc(c3)Oc3cccc(c3)C[C@H](N3CCCC3=O)C(=O)N[C@@H](CCN3CCCCC3)C(=O)N2)CC1. The van der Waals surface area contributed by atoms with E-state index in [0.29, 0.717) is 56.8 Å². The first-order valence-electron chi connectivity index (χ1n) is 17.0. The Kier molecular flexibility index (Phi) is 9.92. The Labute approximate surface area is 271 Å². The number of carbonyl (C=O) groups excluding carboxylic acids is 4. The molecule has 3 aliphatic heterocycles. The fraction of sp³-hybridized carbons (Fsp3) is 0.556. The van der Waals surface area contributed by atoms with Gasteiger partial charge in [0.1, 0.15) is 29.6 Å². The lowest BCUT2D eigenvalue weighted by atomic mass is 10.0. The Morgan fingerprint density at radius 1 is 0.891 bits per heavy atom. The number of rotatable bonds is 7. The Morgan fingerprint density at radius 2 is 1.59 bits per heavy atom. The number of piperidine rings is 1. The molecule has 0 aromatic heterocycles. The van der Waals surface area contributed by atoms with Crippen molar-refractivity contribution in [2.75, 3.05) is 32.7 Å². The van der Waals surface area contributed by atoms with Gasteiger partial charge < -0.3 is 30.5 Å². The van der Waals surface area contributed by atoms with Crippen LogP contribution in [-0.2, 0) is 32.0 Å². The maximum absolute atomic E-state index is 14.1. The van der Waals surface area contributed by atoms with Crippen LogP contribution in [0.4, 0.5) is 0 Å². The minimum atomic E-state index is -0.861. The molecular weight excluding hydrogens is 582 g/mol. The Bertz CT molecular complexity index is 1440. The molecule has 4 bridgehead atoms. The molecule has 3 atom stereocenters. The lowest BCUT2D eigenvalue weighted by Crippen LogP contribution is -2.58. The van der Waals surface area contributed by atoms with Gasteiger partial charge >= 0.3 is 0 Å². The van der Waals surface area contributed by atoms with E-state index in [1.54, 1.807) is 4.90 Å². The largest absolute Gasteiger partial charge is 0.457 e. The molecule has 3 fully saturated rings. The summed E-state index contributed by atoms with van der Waals surface area (Å²) < 4.78 is 6.22. The van der Waals surface area contributed by atoms with Crippen LogP contribution >= 0.6 is 0 Å².